The van der Waals surface area contributed by atoms with E-state index in [0.29, 0.717) is 12.8 Å². The summed E-state index contributed by atoms with van der Waals surface area (Å²) >= 11 is 0. The van der Waals surface area contributed by atoms with Gasteiger partial charge in [-0.2, -0.15) is 18.2 Å². The van der Waals surface area contributed by atoms with Crippen molar-refractivity contribution in [3.8, 4) is 0 Å². The van der Waals surface area contributed by atoms with Crippen molar-refractivity contribution >= 4 is 0 Å². The molecule has 0 aliphatic heterocycles. The number of nitrogens with two attached hydrogens (primary N) is 1. The van der Waals surface area contributed by atoms with Crippen molar-refractivity contribution in [3.05, 3.63) is 11.7 Å². The van der Waals surface area contributed by atoms with Gasteiger partial charge in [0.15, 0.2) is 5.82 Å². The Morgan fingerprint density at radius 2 is 1.94 bits per heavy atom. The Kier molecular flexibility index (Phi) is 2.65. The van der Waals surface area contributed by atoms with Gasteiger partial charge in [0.25, 0.3) is 0 Å². The van der Waals surface area contributed by atoms with Crippen molar-refractivity contribution in [2.45, 2.75) is 43.8 Å². The van der Waals surface area contributed by atoms with Gasteiger partial charge in [0, 0.05) is 0 Å². The Balaban J connectivity index is 2.13. The summed E-state index contributed by atoms with van der Waals surface area (Å²) in [5.41, 5.74) is 5.29. The number of hydrogen-bond donors (Lipinski definition) is 1. The van der Waals surface area contributed by atoms with Crippen molar-refractivity contribution in [2.24, 2.45) is 5.73 Å². The molecule has 1 aliphatic carbocycles. The smallest absolute Gasteiger partial charge is 0.339 e. The molecule has 0 spiro atoms. The molecule has 1 saturated carbocycles. The van der Waals surface area contributed by atoms with Crippen molar-refractivity contribution in [2.75, 3.05) is 0 Å². The molecule has 0 aromatic carbocycles. The third-order valence-electron chi connectivity index (χ3n) is 2.76. The fourth-order valence-corrected chi connectivity index (χ4v) is 1.93. The Morgan fingerprint density at radius 3 is 2.50 bits per heavy atom. The number of alkyl halides is 3. The molecule has 2 rings (SSSR count). The summed E-state index contributed by atoms with van der Waals surface area (Å²) in [6.45, 7) is 0. The first-order valence-electron chi connectivity index (χ1n) is 5.08. The van der Waals surface area contributed by atoms with Crippen LogP contribution in [0.3, 0.4) is 0 Å². The molecule has 4 nitrogen and oxygen atoms in total. The van der Waals surface area contributed by atoms with Crippen molar-refractivity contribution in [1.29, 1.82) is 0 Å². The molecule has 7 heteroatoms. The van der Waals surface area contributed by atoms with Gasteiger partial charge in [0.05, 0.1) is 5.54 Å². The van der Waals surface area contributed by atoms with Crippen LogP contribution in [0.25, 0.3) is 0 Å². The number of aromatic nitrogens is 2. The highest BCUT2D eigenvalue weighted by Crippen LogP contribution is 2.34. The first-order chi connectivity index (χ1) is 7.39. The van der Waals surface area contributed by atoms with Crippen molar-refractivity contribution in [1.82, 2.24) is 10.1 Å². The number of hydrogen-bond acceptors (Lipinski definition) is 4. The van der Waals surface area contributed by atoms with Gasteiger partial charge in [-0.05, 0) is 12.8 Å². The van der Waals surface area contributed by atoms with Crippen LogP contribution in [0.4, 0.5) is 13.2 Å². The molecule has 0 amide bonds. The van der Waals surface area contributed by atoms with Crippen LogP contribution in [-0.4, -0.2) is 16.3 Å². The first-order valence-corrected chi connectivity index (χ1v) is 5.08. The summed E-state index contributed by atoms with van der Waals surface area (Å²) in [4.78, 5) is 3.73. The predicted octanol–water partition coefficient (Wildman–Crippen LogP) is 1.90. The van der Waals surface area contributed by atoms with Crippen LogP contribution in [-0.2, 0) is 12.0 Å². The van der Waals surface area contributed by atoms with Crippen LogP contribution in [0.15, 0.2) is 4.52 Å². The van der Waals surface area contributed by atoms with Crippen molar-refractivity contribution in [3.63, 3.8) is 0 Å². The monoisotopic (exact) mass is 235 g/mol. The summed E-state index contributed by atoms with van der Waals surface area (Å²) in [6, 6.07) is 0. The maximum absolute atomic E-state index is 12.1. The van der Waals surface area contributed by atoms with E-state index in [9.17, 15) is 13.2 Å². The number of nitrogens with zero attached hydrogens (tertiary/aromatic N) is 2. The van der Waals surface area contributed by atoms with Gasteiger partial charge in [0.1, 0.15) is 6.42 Å². The average Bonchev–Trinajstić information content (AvgIpc) is 2.72. The van der Waals surface area contributed by atoms with E-state index in [4.69, 9.17) is 5.73 Å². The van der Waals surface area contributed by atoms with Gasteiger partial charge in [-0.15, -0.1) is 0 Å². The summed E-state index contributed by atoms with van der Waals surface area (Å²) in [6.07, 6.45) is -2.26. The highest BCUT2D eigenvalue weighted by atomic mass is 19.4. The van der Waals surface area contributed by atoms with Crippen LogP contribution < -0.4 is 5.73 Å². The van der Waals surface area contributed by atoms with E-state index in [2.05, 4.69) is 14.7 Å². The lowest BCUT2D eigenvalue weighted by Crippen LogP contribution is -2.34. The Morgan fingerprint density at radius 1 is 1.31 bits per heavy atom. The molecule has 0 saturated heterocycles. The SMILES string of the molecule is NC1(c2noc(CC(F)(F)F)n2)CCCC1. The van der Waals surface area contributed by atoms with Gasteiger partial charge in [-0.25, -0.2) is 0 Å². The lowest BCUT2D eigenvalue weighted by molar-refractivity contribution is -0.131. The standard InChI is InChI=1S/C9H12F3N3O/c10-9(11,12)5-6-14-7(15-16-6)8(13)3-1-2-4-8/h1-5,13H2. The van der Waals surface area contributed by atoms with Gasteiger partial charge in [-0.3, -0.25) is 0 Å². The van der Waals surface area contributed by atoms with Gasteiger partial charge < -0.3 is 10.3 Å². The third-order valence-corrected chi connectivity index (χ3v) is 2.76. The second-order valence-corrected chi connectivity index (χ2v) is 4.17. The summed E-state index contributed by atoms with van der Waals surface area (Å²) in [5.74, 6) is -0.219. The largest absolute Gasteiger partial charge is 0.397 e. The predicted molar refractivity (Wildman–Crippen MR) is 48.4 cm³/mol. The zero-order valence-electron chi connectivity index (χ0n) is 8.55. The molecule has 1 heterocycles. The maximum atomic E-state index is 12.1. The highest BCUT2D eigenvalue weighted by Gasteiger charge is 2.37. The molecule has 2 N–H and O–H groups in total. The zero-order valence-corrected chi connectivity index (χ0v) is 8.55. The van der Waals surface area contributed by atoms with E-state index in [-0.39, 0.29) is 5.82 Å². The summed E-state index contributed by atoms with van der Waals surface area (Å²) in [7, 11) is 0. The second kappa shape index (κ2) is 3.73. The van der Waals surface area contributed by atoms with Crippen LogP contribution in [0.1, 0.15) is 37.4 Å². The highest BCUT2D eigenvalue weighted by molar-refractivity contribution is 5.06. The number of halogens is 3. The van der Waals surface area contributed by atoms with E-state index in [1.807, 2.05) is 0 Å². The van der Waals surface area contributed by atoms with Crippen molar-refractivity contribution < 1.29 is 17.7 Å². The molecular weight excluding hydrogens is 223 g/mol. The fraction of sp³-hybridized carbons (Fsp3) is 0.778. The first kappa shape index (κ1) is 11.4. The van der Waals surface area contributed by atoms with E-state index in [1.165, 1.54) is 0 Å². The topological polar surface area (TPSA) is 64.9 Å². The zero-order chi connectivity index (χ0) is 11.8. The second-order valence-electron chi connectivity index (χ2n) is 4.17. The molecule has 0 atom stereocenters. The molecule has 1 aromatic heterocycles. The normalized spacial score (nSPS) is 20.2. The molecule has 1 fully saturated rings. The molecule has 90 valence electrons. The molecule has 0 radical (unpaired) electrons. The van der Waals surface area contributed by atoms with Gasteiger partial charge in [0.2, 0.25) is 5.89 Å². The van der Waals surface area contributed by atoms with Crippen LogP contribution in [0.2, 0.25) is 0 Å². The average molecular weight is 235 g/mol. The van der Waals surface area contributed by atoms with Crippen LogP contribution in [0, 0.1) is 0 Å². The molecule has 1 aromatic rings. The van der Waals surface area contributed by atoms with E-state index in [1.54, 1.807) is 0 Å². The summed E-state index contributed by atoms with van der Waals surface area (Å²) in [5, 5.41) is 3.54. The lowest BCUT2D eigenvalue weighted by Gasteiger charge is -2.17. The molecular formula is C9H12F3N3O. The minimum atomic E-state index is -4.33. The molecule has 16 heavy (non-hydrogen) atoms. The Labute approximate surface area is 90.0 Å². The third kappa shape index (κ3) is 2.34. The lowest BCUT2D eigenvalue weighted by atomic mass is 9.99. The van der Waals surface area contributed by atoms with Gasteiger partial charge in [-0.1, -0.05) is 18.0 Å². The van der Waals surface area contributed by atoms with Gasteiger partial charge >= 0.3 is 6.18 Å². The van der Waals surface area contributed by atoms with E-state index < -0.39 is 24.0 Å². The van der Waals surface area contributed by atoms with E-state index in [0.717, 1.165) is 12.8 Å². The fourth-order valence-electron chi connectivity index (χ4n) is 1.93. The Hall–Kier alpha value is -1.11. The van der Waals surface area contributed by atoms with Crippen LogP contribution >= 0.6 is 0 Å². The van der Waals surface area contributed by atoms with Crippen LogP contribution in [0.5, 0.6) is 0 Å². The molecule has 0 unspecified atom stereocenters. The number of rotatable bonds is 2. The summed E-state index contributed by atoms with van der Waals surface area (Å²) < 4.78 is 40.7. The Bertz CT molecular complexity index is 368. The maximum Gasteiger partial charge on any atom is 0.397 e. The van der Waals surface area contributed by atoms with E-state index >= 15 is 0 Å². The minimum Gasteiger partial charge on any atom is -0.339 e. The molecule has 0 bridgehead atoms. The quantitative estimate of drug-likeness (QED) is 0.850. The molecule has 1 aliphatic rings. The minimum absolute atomic E-state index is 0.198.